The summed E-state index contributed by atoms with van der Waals surface area (Å²) in [4.78, 5) is 23.4. The summed E-state index contributed by atoms with van der Waals surface area (Å²) in [7, 11) is 0. The van der Waals surface area contributed by atoms with Crippen LogP contribution in [0.4, 0.5) is 0 Å². The van der Waals surface area contributed by atoms with Crippen LogP contribution in [0.3, 0.4) is 0 Å². The van der Waals surface area contributed by atoms with E-state index < -0.39 is 0 Å². The number of likely N-dealkylation sites (tertiary alicyclic amines) is 1. The van der Waals surface area contributed by atoms with Crippen LogP contribution in [0, 0.1) is 5.92 Å². The lowest BCUT2D eigenvalue weighted by Crippen LogP contribution is -2.48. The average molecular weight is 379 g/mol. The van der Waals surface area contributed by atoms with Gasteiger partial charge < -0.3 is 0 Å². The summed E-state index contributed by atoms with van der Waals surface area (Å²) < 4.78 is 1.60. The number of nitrogens with zero attached hydrogens (tertiary/aromatic N) is 5. The zero-order valence-electron chi connectivity index (χ0n) is 15.0. The molecule has 0 amide bonds. The van der Waals surface area contributed by atoms with Crippen LogP contribution in [0.2, 0.25) is 0 Å². The molecule has 138 valence electrons. The summed E-state index contributed by atoms with van der Waals surface area (Å²) in [5, 5.41) is 8.06. The van der Waals surface area contributed by atoms with Crippen LogP contribution in [-0.2, 0) is 13.1 Å². The first kappa shape index (κ1) is 16.8. The van der Waals surface area contributed by atoms with Crippen molar-refractivity contribution in [1.82, 2.24) is 24.6 Å². The number of aromatic nitrogens is 4. The Morgan fingerprint density at radius 3 is 2.70 bits per heavy atom. The van der Waals surface area contributed by atoms with Crippen molar-refractivity contribution in [2.75, 3.05) is 13.1 Å². The van der Waals surface area contributed by atoms with Gasteiger partial charge in [0.05, 0.1) is 22.9 Å². The molecule has 0 bridgehead atoms. The molecule has 3 aromatic heterocycles. The monoisotopic (exact) mass is 379 g/mol. The Kier molecular flexibility index (Phi) is 4.33. The fraction of sp³-hybridized carbons (Fsp3) is 0.400. The van der Waals surface area contributed by atoms with Gasteiger partial charge in [-0.05, 0) is 31.0 Å². The van der Waals surface area contributed by atoms with E-state index in [0.717, 1.165) is 36.8 Å². The quantitative estimate of drug-likeness (QED) is 0.659. The molecule has 0 radical (unpaired) electrons. The van der Waals surface area contributed by atoms with Crippen LogP contribution >= 0.6 is 11.3 Å². The van der Waals surface area contributed by atoms with Gasteiger partial charge in [0.25, 0.3) is 5.56 Å². The molecule has 0 atom stereocenters. The zero-order chi connectivity index (χ0) is 18.2. The predicted molar refractivity (Wildman–Crippen MR) is 105 cm³/mol. The van der Waals surface area contributed by atoms with E-state index in [0.29, 0.717) is 12.5 Å². The van der Waals surface area contributed by atoms with Crippen molar-refractivity contribution in [3.63, 3.8) is 0 Å². The van der Waals surface area contributed by atoms with Gasteiger partial charge in [0, 0.05) is 60.9 Å². The number of hydrogen-bond acceptors (Lipinski definition) is 6. The first-order chi connectivity index (χ1) is 13.2. The van der Waals surface area contributed by atoms with Crippen LogP contribution in [0.5, 0.6) is 0 Å². The van der Waals surface area contributed by atoms with Crippen molar-refractivity contribution in [1.29, 1.82) is 0 Å². The van der Waals surface area contributed by atoms with E-state index in [1.165, 1.54) is 23.5 Å². The second-order valence-electron chi connectivity index (χ2n) is 7.49. The van der Waals surface area contributed by atoms with Gasteiger partial charge in [0.1, 0.15) is 0 Å². The second kappa shape index (κ2) is 6.98. The minimum Gasteiger partial charge on any atom is -0.297 e. The number of rotatable bonds is 6. The lowest BCUT2D eigenvalue weighted by Gasteiger charge is -2.38. The van der Waals surface area contributed by atoms with Crippen molar-refractivity contribution >= 4 is 11.3 Å². The third-order valence-electron chi connectivity index (χ3n) is 5.19. The van der Waals surface area contributed by atoms with Gasteiger partial charge in [-0.2, -0.15) is 5.10 Å². The molecule has 1 aliphatic carbocycles. The molecule has 0 unspecified atom stereocenters. The summed E-state index contributed by atoms with van der Waals surface area (Å²) >= 11 is 1.80. The Hall–Kier alpha value is -2.38. The van der Waals surface area contributed by atoms with Gasteiger partial charge >= 0.3 is 0 Å². The lowest BCUT2D eigenvalue weighted by molar-refractivity contribution is 0.0756. The van der Waals surface area contributed by atoms with E-state index in [-0.39, 0.29) is 5.56 Å². The summed E-state index contributed by atoms with van der Waals surface area (Å²) in [5.74, 6) is 1.20. The molecule has 1 aliphatic heterocycles. The van der Waals surface area contributed by atoms with Gasteiger partial charge in [0.15, 0.2) is 0 Å². The Labute approximate surface area is 161 Å². The van der Waals surface area contributed by atoms with E-state index >= 15 is 0 Å². The second-order valence-corrected chi connectivity index (χ2v) is 8.38. The van der Waals surface area contributed by atoms with E-state index in [1.807, 2.05) is 12.1 Å². The molecule has 1 saturated carbocycles. The maximum Gasteiger partial charge on any atom is 0.266 e. The molecule has 6 nitrogen and oxygen atoms in total. The highest BCUT2D eigenvalue weighted by atomic mass is 32.1. The van der Waals surface area contributed by atoms with Crippen LogP contribution < -0.4 is 5.56 Å². The van der Waals surface area contributed by atoms with E-state index in [9.17, 15) is 4.79 Å². The maximum atomic E-state index is 12.2. The molecule has 27 heavy (non-hydrogen) atoms. The fourth-order valence-electron chi connectivity index (χ4n) is 3.56. The van der Waals surface area contributed by atoms with Crippen LogP contribution in [0.15, 0.2) is 46.8 Å². The topological polar surface area (TPSA) is 63.9 Å². The number of hydrogen-bond donors (Lipinski definition) is 0. The Morgan fingerprint density at radius 2 is 1.93 bits per heavy atom. The highest BCUT2D eigenvalue weighted by molar-refractivity contribution is 7.09. The van der Waals surface area contributed by atoms with Gasteiger partial charge in [-0.3, -0.25) is 14.7 Å². The standard InChI is InChI=1S/C20H21N5OS/c26-19-4-3-18(15-5-7-21-8-6-15)23-25(19)11-14-9-24(10-14)12-17-13-27-20(22-17)16-1-2-16/h3-8,13-14,16H,1-2,9-12H2. The highest BCUT2D eigenvalue weighted by Gasteiger charge is 2.30. The third kappa shape index (κ3) is 3.70. The van der Waals surface area contributed by atoms with Gasteiger partial charge in [-0.1, -0.05) is 0 Å². The average Bonchev–Trinajstić information content (AvgIpc) is 3.41. The van der Waals surface area contributed by atoms with Gasteiger partial charge in [-0.25, -0.2) is 9.67 Å². The highest BCUT2D eigenvalue weighted by Crippen LogP contribution is 2.41. The van der Waals surface area contributed by atoms with E-state index in [4.69, 9.17) is 4.98 Å². The van der Waals surface area contributed by atoms with Crippen LogP contribution in [0.25, 0.3) is 11.3 Å². The molecule has 4 heterocycles. The molecular formula is C20H21N5OS. The Morgan fingerprint density at radius 1 is 1.11 bits per heavy atom. The van der Waals surface area contributed by atoms with Crippen molar-refractivity contribution in [2.45, 2.75) is 31.8 Å². The molecule has 1 saturated heterocycles. The smallest absolute Gasteiger partial charge is 0.266 e. The number of thiazole rings is 1. The molecule has 0 spiro atoms. The van der Waals surface area contributed by atoms with Crippen molar-refractivity contribution in [3.8, 4) is 11.3 Å². The zero-order valence-corrected chi connectivity index (χ0v) is 15.8. The number of pyridine rings is 1. The first-order valence-electron chi connectivity index (χ1n) is 9.40. The van der Waals surface area contributed by atoms with Gasteiger partial charge in [0.2, 0.25) is 0 Å². The van der Waals surface area contributed by atoms with Crippen molar-refractivity contribution < 1.29 is 0 Å². The third-order valence-corrected chi connectivity index (χ3v) is 6.24. The summed E-state index contributed by atoms with van der Waals surface area (Å²) in [6, 6.07) is 7.20. The minimum absolute atomic E-state index is 0.0418. The Balaban J connectivity index is 1.20. The molecule has 2 fully saturated rings. The van der Waals surface area contributed by atoms with Crippen molar-refractivity contribution in [3.05, 3.63) is 63.1 Å². The Bertz CT molecular complexity index is 989. The predicted octanol–water partition coefficient (Wildman–Crippen LogP) is 2.77. The molecule has 7 heteroatoms. The SMILES string of the molecule is O=c1ccc(-c2ccncc2)nn1CC1CN(Cc2csc(C3CC3)n2)C1. The fourth-order valence-corrected chi connectivity index (χ4v) is 4.55. The molecule has 2 aliphatic rings. The van der Waals surface area contributed by atoms with Crippen molar-refractivity contribution in [2.24, 2.45) is 5.92 Å². The molecule has 0 N–H and O–H groups in total. The van der Waals surface area contributed by atoms with Crippen LogP contribution in [0.1, 0.15) is 29.5 Å². The molecule has 5 rings (SSSR count). The van der Waals surface area contributed by atoms with Crippen LogP contribution in [-0.4, -0.2) is 37.7 Å². The summed E-state index contributed by atoms with van der Waals surface area (Å²) in [5.41, 5.74) is 2.93. The van der Waals surface area contributed by atoms with E-state index in [2.05, 4.69) is 20.4 Å². The largest absolute Gasteiger partial charge is 0.297 e. The summed E-state index contributed by atoms with van der Waals surface area (Å²) in [6.45, 7) is 3.56. The normalized spacial score (nSPS) is 17.8. The minimum atomic E-state index is -0.0418. The lowest BCUT2D eigenvalue weighted by atomic mass is 10.00. The van der Waals surface area contributed by atoms with E-state index in [1.54, 1.807) is 40.5 Å². The van der Waals surface area contributed by atoms with Gasteiger partial charge in [-0.15, -0.1) is 11.3 Å². The first-order valence-corrected chi connectivity index (χ1v) is 10.3. The molecule has 3 aromatic rings. The summed E-state index contributed by atoms with van der Waals surface area (Å²) in [6.07, 6.45) is 6.09. The maximum absolute atomic E-state index is 12.2. The molecular weight excluding hydrogens is 358 g/mol. The molecule has 0 aromatic carbocycles.